The van der Waals surface area contributed by atoms with Crippen molar-refractivity contribution in [3.05, 3.63) is 23.3 Å². The maximum absolute atomic E-state index is 5.59. The number of hydrogen-bond donors (Lipinski definition) is 1. The number of nitrogens with two attached hydrogens (primary N) is 1. The second kappa shape index (κ2) is 5.53. The molecule has 0 saturated carbocycles. The quantitative estimate of drug-likeness (QED) is 0.813. The highest BCUT2D eigenvalue weighted by Gasteiger charge is 2.10. The van der Waals surface area contributed by atoms with Crippen LogP contribution in [0.5, 0.6) is 0 Å². The molecule has 6 nitrogen and oxygen atoms in total. The molecular weight excluding hydrogens is 248 g/mol. The highest BCUT2D eigenvalue weighted by atomic mass is 32.2. The highest BCUT2D eigenvalue weighted by molar-refractivity contribution is 7.98. The molecule has 0 radical (unpaired) electrons. The van der Waals surface area contributed by atoms with Crippen LogP contribution in [0, 0.1) is 13.8 Å². The summed E-state index contributed by atoms with van der Waals surface area (Å²) in [5, 5.41) is 13.5. The SMILES string of the molecule is Cc1cc(CSc2nnc(C)n2CCN)n(C)n1. The third-order valence-electron chi connectivity index (χ3n) is 2.70. The Labute approximate surface area is 111 Å². The molecule has 0 aliphatic rings. The van der Waals surface area contributed by atoms with E-state index in [1.165, 1.54) is 5.69 Å². The summed E-state index contributed by atoms with van der Waals surface area (Å²) in [7, 11) is 1.96. The van der Waals surface area contributed by atoms with Crippen LogP contribution in [0.3, 0.4) is 0 Å². The lowest BCUT2D eigenvalue weighted by Gasteiger charge is -2.06. The van der Waals surface area contributed by atoms with Crippen molar-refractivity contribution >= 4 is 11.8 Å². The smallest absolute Gasteiger partial charge is 0.191 e. The second-order valence-electron chi connectivity index (χ2n) is 4.16. The average Bonchev–Trinajstić information content (AvgIpc) is 2.82. The summed E-state index contributed by atoms with van der Waals surface area (Å²) in [4.78, 5) is 0. The van der Waals surface area contributed by atoms with Crippen LogP contribution < -0.4 is 5.73 Å². The van der Waals surface area contributed by atoms with Crippen LogP contribution in [0.1, 0.15) is 17.2 Å². The summed E-state index contributed by atoms with van der Waals surface area (Å²) >= 11 is 1.66. The van der Waals surface area contributed by atoms with Crippen molar-refractivity contribution in [1.29, 1.82) is 0 Å². The van der Waals surface area contributed by atoms with E-state index in [1.807, 2.05) is 30.1 Å². The van der Waals surface area contributed by atoms with Crippen molar-refractivity contribution in [3.8, 4) is 0 Å². The van der Waals surface area contributed by atoms with Gasteiger partial charge >= 0.3 is 0 Å². The molecule has 0 unspecified atom stereocenters. The third-order valence-corrected chi connectivity index (χ3v) is 3.70. The third kappa shape index (κ3) is 2.73. The van der Waals surface area contributed by atoms with Gasteiger partial charge in [-0.25, -0.2) is 0 Å². The van der Waals surface area contributed by atoms with E-state index < -0.39 is 0 Å². The minimum atomic E-state index is 0.595. The van der Waals surface area contributed by atoms with Crippen molar-refractivity contribution in [2.75, 3.05) is 6.54 Å². The van der Waals surface area contributed by atoms with E-state index in [2.05, 4.69) is 21.4 Å². The minimum Gasteiger partial charge on any atom is -0.329 e. The fraction of sp³-hybridized carbons (Fsp3) is 0.545. The van der Waals surface area contributed by atoms with Crippen molar-refractivity contribution in [2.45, 2.75) is 31.3 Å². The van der Waals surface area contributed by atoms with E-state index in [1.54, 1.807) is 11.8 Å². The molecule has 2 heterocycles. The maximum Gasteiger partial charge on any atom is 0.191 e. The molecule has 0 aliphatic carbocycles. The van der Waals surface area contributed by atoms with Crippen LogP contribution in [0.2, 0.25) is 0 Å². The first-order valence-electron chi connectivity index (χ1n) is 5.84. The summed E-state index contributed by atoms with van der Waals surface area (Å²) in [6, 6.07) is 2.09. The van der Waals surface area contributed by atoms with E-state index in [4.69, 9.17) is 5.73 Å². The van der Waals surface area contributed by atoms with Gasteiger partial charge in [-0.1, -0.05) is 11.8 Å². The molecule has 0 saturated heterocycles. The lowest BCUT2D eigenvalue weighted by Crippen LogP contribution is -2.12. The molecule has 0 spiro atoms. The summed E-state index contributed by atoms with van der Waals surface area (Å²) in [6.07, 6.45) is 0. The van der Waals surface area contributed by atoms with Crippen molar-refractivity contribution in [3.63, 3.8) is 0 Å². The number of rotatable bonds is 5. The van der Waals surface area contributed by atoms with Crippen molar-refractivity contribution in [1.82, 2.24) is 24.5 Å². The molecule has 0 amide bonds. The number of nitrogens with zero attached hydrogens (tertiary/aromatic N) is 5. The number of thioether (sulfide) groups is 1. The first kappa shape index (κ1) is 13.1. The Bertz CT molecular complexity index is 530. The standard InChI is InChI=1S/C11H18N6S/c1-8-6-10(16(3)15-8)7-18-11-14-13-9(2)17(11)5-4-12/h6H,4-5,7,12H2,1-3H3. The normalized spacial score (nSPS) is 11.1. The largest absolute Gasteiger partial charge is 0.329 e. The van der Waals surface area contributed by atoms with Crippen LogP contribution in [0.4, 0.5) is 0 Å². The van der Waals surface area contributed by atoms with Gasteiger partial charge < -0.3 is 10.3 Å². The maximum atomic E-state index is 5.59. The Morgan fingerprint density at radius 2 is 2.11 bits per heavy atom. The monoisotopic (exact) mass is 266 g/mol. The van der Waals surface area contributed by atoms with E-state index in [0.29, 0.717) is 6.54 Å². The zero-order valence-corrected chi connectivity index (χ0v) is 11.7. The van der Waals surface area contributed by atoms with Gasteiger partial charge in [0, 0.05) is 31.6 Å². The minimum absolute atomic E-state index is 0.595. The molecule has 0 atom stereocenters. The second-order valence-corrected chi connectivity index (χ2v) is 5.10. The Kier molecular flexibility index (Phi) is 4.03. The molecule has 2 N–H and O–H groups in total. The Balaban J connectivity index is 2.08. The molecule has 7 heteroatoms. The predicted octanol–water partition coefficient (Wildman–Crippen LogP) is 0.879. The molecule has 98 valence electrons. The van der Waals surface area contributed by atoms with Gasteiger partial charge in [0.25, 0.3) is 0 Å². The van der Waals surface area contributed by atoms with Gasteiger partial charge in [0.1, 0.15) is 5.82 Å². The van der Waals surface area contributed by atoms with E-state index in [-0.39, 0.29) is 0 Å². The van der Waals surface area contributed by atoms with E-state index in [0.717, 1.165) is 29.0 Å². The summed E-state index contributed by atoms with van der Waals surface area (Å²) in [5.41, 5.74) is 7.81. The van der Waals surface area contributed by atoms with Crippen molar-refractivity contribution in [2.24, 2.45) is 12.8 Å². The van der Waals surface area contributed by atoms with Crippen LogP contribution >= 0.6 is 11.8 Å². The van der Waals surface area contributed by atoms with Crippen molar-refractivity contribution < 1.29 is 0 Å². The molecule has 0 fully saturated rings. The van der Waals surface area contributed by atoms with Gasteiger partial charge in [-0.05, 0) is 19.9 Å². The van der Waals surface area contributed by atoms with Crippen LogP contribution in [-0.2, 0) is 19.3 Å². The lowest BCUT2D eigenvalue weighted by molar-refractivity contribution is 0.627. The fourth-order valence-electron chi connectivity index (χ4n) is 1.79. The molecule has 18 heavy (non-hydrogen) atoms. The lowest BCUT2D eigenvalue weighted by atomic mass is 10.4. The Morgan fingerprint density at radius 3 is 2.72 bits per heavy atom. The zero-order valence-electron chi connectivity index (χ0n) is 10.9. The number of hydrogen-bond acceptors (Lipinski definition) is 5. The van der Waals surface area contributed by atoms with E-state index in [9.17, 15) is 0 Å². The van der Waals surface area contributed by atoms with Gasteiger partial charge in [0.15, 0.2) is 5.16 Å². The van der Waals surface area contributed by atoms with Crippen LogP contribution in [0.15, 0.2) is 11.2 Å². The van der Waals surface area contributed by atoms with Gasteiger partial charge in [-0.2, -0.15) is 5.10 Å². The predicted molar refractivity (Wildman–Crippen MR) is 71.3 cm³/mol. The van der Waals surface area contributed by atoms with E-state index >= 15 is 0 Å². The van der Waals surface area contributed by atoms with Gasteiger partial charge in [0.2, 0.25) is 0 Å². The number of aromatic nitrogens is 5. The fourth-order valence-corrected chi connectivity index (χ4v) is 2.82. The first-order chi connectivity index (χ1) is 8.61. The Morgan fingerprint density at radius 1 is 1.33 bits per heavy atom. The van der Waals surface area contributed by atoms with Gasteiger partial charge in [-0.3, -0.25) is 4.68 Å². The topological polar surface area (TPSA) is 74.6 Å². The van der Waals surface area contributed by atoms with Gasteiger partial charge in [-0.15, -0.1) is 10.2 Å². The average molecular weight is 266 g/mol. The molecule has 2 rings (SSSR count). The summed E-state index contributed by atoms with van der Waals surface area (Å²) in [5.74, 6) is 1.74. The van der Waals surface area contributed by atoms with Crippen LogP contribution in [0.25, 0.3) is 0 Å². The summed E-state index contributed by atoms with van der Waals surface area (Å²) < 4.78 is 3.95. The summed E-state index contributed by atoms with van der Waals surface area (Å²) in [6.45, 7) is 5.29. The molecule has 0 aromatic carbocycles. The first-order valence-corrected chi connectivity index (χ1v) is 6.82. The molecule has 2 aromatic rings. The number of aryl methyl sites for hydroxylation is 3. The van der Waals surface area contributed by atoms with Gasteiger partial charge in [0.05, 0.1) is 5.69 Å². The van der Waals surface area contributed by atoms with Crippen LogP contribution in [-0.4, -0.2) is 31.1 Å². The highest BCUT2D eigenvalue weighted by Crippen LogP contribution is 2.21. The molecule has 0 aliphatic heterocycles. The molecule has 2 aromatic heterocycles. The molecular formula is C11H18N6S. The zero-order chi connectivity index (χ0) is 13.1. The molecule has 0 bridgehead atoms. The Hall–Kier alpha value is -1.34.